The molecule has 5 rings (SSSR count). The molecule has 1 aromatic heterocycles. The molecule has 4 aromatic rings. The van der Waals surface area contributed by atoms with Crippen molar-refractivity contribution in [3.05, 3.63) is 90.6 Å². The van der Waals surface area contributed by atoms with Crippen LogP contribution in [0.1, 0.15) is 43.1 Å². The van der Waals surface area contributed by atoms with Crippen molar-refractivity contribution < 1.29 is 14.0 Å². The van der Waals surface area contributed by atoms with Crippen LogP contribution >= 0.6 is 0 Å². The number of piperazine rings is 1. The molecular weight excluding hydrogens is 488 g/mol. The third-order valence-electron chi connectivity index (χ3n) is 6.98. The molecule has 2 amide bonds. The molecule has 0 spiro atoms. The summed E-state index contributed by atoms with van der Waals surface area (Å²) >= 11 is 0. The molecule has 3 aromatic carbocycles. The minimum atomic E-state index is -0.142. The number of amides is 2. The minimum Gasteiger partial charge on any atom is -0.435 e. The second-order valence-electron chi connectivity index (χ2n) is 9.76. The van der Waals surface area contributed by atoms with Crippen LogP contribution in [0.5, 0.6) is 0 Å². The van der Waals surface area contributed by atoms with E-state index < -0.39 is 0 Å². The summed E-state index contributed by atoms with van der Waals surface area (Å²) in [7, 11) is 0. The lowest BCUT2D eigenvalue weighted by molar-refractivity contribution is -0.116. The number of carbonyl (C=O) groups is 2. The summed E-state index contributed by atoms with van der Waals surface area (Å²) in [6, 6.07) is 27.3. The van der Waals surface area contributed by atoms with Crippen molar-refractivity contribution in [2.75, 3.05) is 36.4 Å². The van der Waals surface area contributed by atoms with Gasteiger partial charge in [-0.2, -0.15) is 0 Å². The Balaban J connectivity index is 1.36. The van der Waals surface area contributed by atoms with Gasteiger partial charge in [-0.05, 0) is 55.0 Å². The Morgan fingerprint density at radius 3 is 2.15 bits per heavy atom. The van der Waals surface area contributed by atoms with Crippen LogP contribution < -0.4 is 10.2 Å². The first kappa shape index (κ1) is 26.2. The van der Waals surface area contributed by atoms with Crippen molar-refractivity contribution in [2.45, 2.75) is 32.6 Å². The zero-order chi connectivity index (χ0) is 27.0. The smallest absolute Gasteiger partial charge is 0.276 e. The molecule has 1 aliphatic rings. The predicted octanol–water partition coefficient (Wildman–Crippen LogP) is 6.49. The fraction of sp³-hybridized carbons (Fsp3) is 0.281. The lowest BCUT2D eigenvalue weighted by Crippen LogP contribution is -2.49. The fourth-order valence-corrected chi connectivity index (χ4v) is 4.79. The van der Waals surface area contributed by atoms with Crippen LogP contribution in [-0.4, -0.2) is 47.9 Å². The molecule has 0 bridgehead atoms. The number of nitrogens with zero attached hydrogens (tertiary/aromatic N) is 3. The molecule has 0 radical (unpaired) electrons. The normalized spacial score (nSPS) is 13.4. The van der Waals surface area contributed by atoms with E-state index in [0.29, 0.717) is 42.5 Å². The number of para-hydroxylation sites is 1. The van der Waals surface area contributed by atoms with Crippen molar-refractivity contribution in [2.24, 2.45) is 0 Å². The number of rotatable bonds is 9. The zero-order valence-electron chi connectivity index (χ0n) is 22.3. The number of aromatic nitrogens is 1. The lowest BCUT2D eigenvalue weighted by atomic mass is 10.1. The monoisotopic (exact) mass is 522 g/mol. The Labute approximate surface area is 229 Å². The maximum Gasteiger partial charge on any atom is 0.276 e. The van der Waals surface area contributed by atoms with Crippen LogP contribution in [-0.2, 0) is 4.79 Å². The van der Waals surface area contributed by atoms with Gasteiger partial charge in [0.1, 0.15) is 0 Å². The van der Waals surface area contributed by atoms with E-state index in [1.165, 1.54) is 0 Å². The molecule has 1 fully saturated rings. The average molecular weight is 523 g/mol. The van der Waals surface area contributed by atoms with E-state index in [-0.39, 0.29) is 11.8 Å². The van der Waals surface area contributed by atoms with E-state index in [1.807, 2.05) is 77.7 Å². The van der Waals surface area contributed by atoms with Gasteiger partial charge in [-0.15, -0.1) is 0 Å². The molecular formula is C32H34N4O3. The number of nitrogens with one attached hydrogen (secondary N) is 1. The Hall–Kier alpha value is -4.39. The summed E-state index contributed by atoms with van der Waals surface area (Å²) in [5.74, 6) is 0.708. The lowest BCUT2D eigenvalue weighted by Gasteiger charge is -2.35. The number of benzene rings is 3. The highest BCUT2D eigenvalue weighted by molar-refractivity contribution is 5.99. The van der Waals surface area contributed by atoms with Crippen LogP contribution in [0.3, 0.4) is 0 Å². The fourth-order valence-electron chi connectivity index (χ4n) is 4.79. The van der Waals surface area contributed by atoms with Gasteiger partial charge in [0.05, 0.1) is 0 Å². The first-order chi connectivity index (χ1) is 19.1. The van der Waals surface area contributed by atoms with Gasteiger partial charge in [0.2, 0.25) is 11.8 Å². The summed E-state index contributed by atoms with van der Waals surface area (Å²) in [6.45, 7) is 4.82. The molecule has 1 saturated heterocycles. The predicted molar refractivity (Wildman–Crippen MR) is 155 cm³/mol. The summed E-state index contributed by atoms with van der Waals surface area (Å²) in [5, 5.41) is 2.95. The summed E-state index contributed by atoms with van der Waals surface area (Å²) < 4.78 is 6.22. The Morgan fingerprint density at radius 1 is 0.821 bits per heavy atom. The molecule has 0 saturated carbocycles. The van der Waals surface area contributed by atoms with E-state index in [4.69, 9.17) is 4.42 Å². The molecule has 39 heavy (non-hydrogen) atoms. The molecule has 2 heterocycles. The summed E-state index contributed by atoms with van der Waals surface area (Å²) in [5.41, 5.74) is 3.73. The highest BCUT2D eigenvalue weighted by Gasteiger charge is 2.29. The Bertz CT molecular complexity index is 1380. The van der Waals surface area contributed by atoms with Crippen LogP contribution in [0.2, 0.25) is 0 Å². The first-order valence-electron chi connectivity index (χ1n) is 13.7. The maximum atomic E-state index is 13.7. The highest BCUT2D eigenvalue weighted by Crippen LogP contribution is 2.32. The maximum absolute atomic E-state index is 13.7. The van der Waals surface area contributed by atoms with Crippen molar-refractivity contribution in [1.29, 1.82) is 0 Å². The average Bonchev–Trinajstić information content (AvgIpc) is 3.44. The molecule has 7 nitrogen and oxygen atoms in total. The van der Waals surface area contributed by atoms with Crippen LogP contribution in [0.25, 0.3) is 22.8 Å². The largest absolute Gasteiger partial charge is 0.435 e. The molecule has 0 unspecified atom stereocenters. The standard InChI is InChI=1S/C32H34N4O3/c1-2-3-6-15-28(37)33-26-18-16-24(17-19-26)30-29(34-31(39-30)25-11-7-4-8-12-25)32(38)36-22-20-35(21-23-36)27-13-9-5-10-14-27/h4-5,7-14,16-19H,2-3,6,15,20-23H2,1H3,(H,33,37). The number of hydrogen-bond acceptors (Lipinski definition) is 5. The van der Waals surface area contributed by atoms with Crippen LogP contribution in [0.4, 0.5) is 11.4 Å². The van der Waals surface area contributed by atoms with Gasteiger partial charge < -0.3 is 19.5 Å². The Kier molecular flexibility index (Phi) is 8.36. The minimum absolute atomic E-state index is 0.00717. The topological polar surface area (TPSA) is 78.7 Å². The van der Waals surface area contributed by atoms with Gasteiger partial charge in [-0.25, -0.2) is 4.98 Å². The van der Waals surface area contributed by atoms with Crippen LogP contribution in [0.15, 0.2) is 89.3 Å². The number of anilines is 2. The number of hydrogen-bond donors (Lipinski definition) is 1. The number of oxazole rings is 1. The second kappa shape index (κ2) is 12.4. The second-order valence-corrected chi connectivity index (χ2v) is 9.76. The number of carbonyl (C=O) groups excluding carboxylic acids is 2. The van der Waals surface area contributed by atoms with Gasteiger partial charge in [-0.3, -0.25) is 9.59 Å². The van der Waals surface area contributed by atoms with Crippen molar-refractivity contribution in [3.63, 3.8) is 0 Å². The van der Waals surface area contributed by atoms with Gasteiger partial charge in [0.25, 0.3) is 5.91 Å². The van der Waals surface area contributed by atoms with E-state index in [2.05, 4.69) is 34.3 Å². The van der Waals surface area contributed by atoms with E-state index in [9.17, 15) is 9.59 Å². The van der Waals surface area contributed by atoms with Crippen molar-refractivity contribution in [1.82, 2.24) is 9.88 Å². The summed E-state index contributed by atoms with van der Waals surface area (Å²) in [4.78, 5) is 34.8. The Morgan fingerprint density at radius 2 is 1.49 bits per heavy atom. The van der Waals surface area contributed by atoms with Gasteiger partial charge >= 0.3 is 0 Å². The third kappa shape index (κ3) is 6.37. The van der Waals surface area contributed by atoms with Crippen molar-refractivity contribution in [3.8, 4) is 22.8 Å². The van der Waals surface area contributed by atoms with Gasteiger partial charge in [-0.1, -0.05) is 56.2 Å². The zero-order valence-corrected chi connectivity index (χ0v) is 22.3. The molecule has 1 aliphatic heterocycles. The van der Waals surface area contributed by atoms with Crippen molar-refractivity contribution >= 4 is 23.2 Å². The molecule has 0 aliphatic carbocycles. The molecule has 0 atom stereocenters. The SMILES string of the molecule is CCCCCC(=O)Nc1ccc(-c2oc(-c3ccccc3)nc2C(=O)N2CCN(c3ccccc3)CC2)cc1. The van der Waals surface area contributed by atoms with Gasteiger partial charge in [0.15, 0.2) is 11.5 Å². The molecule has 1 N–H and O–H groups in total. The summed E-state index contributed by atoms with van der Waals surface area (Å²) in [6.07, 6.45) is 3.51. The van der Waals surface area contributed by atoms with E-state index in [0.717, 1.165) is 49.2 Å². The third-order valence-corrected chi connectivity index (χ3v) is 6.98. The highest BCUT2D eigenvalue weighted by atomic mass is 16.4. The molecule has 7 heteroatoms. The van der Waals surface area contributed by atoms with E-state index in [1.54, 1.807) is 0 Å². The quantitative estimate of drug-likeness (QED) is 0.254. The van der Waals surface area contributed by atoms with Gasteiger partial charge in [0, 0.05) is 55.1 Å². The molecule has 200 valence electrons. The first-order valence-corrected chi connectivity index (χ1v) is 13.7. The van der Waals surface area contributed by atoms with Crippen LogP contribution in [0, 0.1) is 0 Å². The number of unbranched alkanes of at least 4 members (excludes halogenated alkanes) is 2. The van der Waals surface area contributed by atoms with E-state index >= 15 is 0 Å².